The molecule has 0 aliphatic carbocycles. The van der Waals surface area contributed by atoms with Gasteiger partial charge in [0.25, 0.3) is 0 Å². The van der Waals surface area contributed by atoms with Gasteiger partial charge in [0.05, 0.1) is 17.3 Å². The molecule has 2 N–H and O–H groups in total. The molecule has 4 rings (SSSR count). The second kappa shape index (κ2) is 11.8. The summed E-state index contributed by atoms with van der Waals surface area (Å²) in [6, 6.07) is 15.2. The maximum Gasteiger partial charge on any atom is 0.211 e. The zero-order chi connectivity index (χ0) is 26.6. The first-order chi connectivity index (χ1) is 17.6. The lowest BCUT2D eigenvalue weighted by Crippen LogP contribution is -2.33. The molecule has 0 bridgehead atoms. The normalized spacial score (nSPS) is 11.9. The average molecular weight is 561 g/mol. The van der Waals surface area contributed by atoms with Gasteiger partial charge in [-0.3, -0.25) is 9.97 Å². The topological polar surface area (TPSA) is 87.2 Å². The van der Waals surface area contributed by atoms with E-state index in [1.165, 1.54) is 10.6 Å². The minimum Gasteiger partial charge on any atom is -0.384 e. The number of fused-ring (bicyclic) bond motifs is 2. The Morgan fingerprint density at radius 3 is 1.59 bits per heavy atom. The van der Waals surface area contributed by atoms with Gasteiger partial charge in [-0.2, -0.15) is 0 Å². The monoisotopic (exact) mass is 559 g/mol. The fourth-order valence-corrected chi connectivity index (χ4v) is 5.62. The molecule has 7 nitrogen and oxygen atoms in total. The predicted octanol–water partition coefficient (Wildman–Crippen LogP) is 6.27. The second-order valence-corrected chi connectivity index (χ2v) is 12.0. The van der Waals surface area contributed by atoms with E-state index in [1.807, 2.05) is 62.4 Å². The van der Waals surface area contributed by atoms with Crippen molar-refractivity contribution in [2.45, 2.75) is 26.7 Å². The Bertz CT molecular complexity index is 1430. The standard InChI is InChI=1S/C27H31Cl2N5O2S/c1-18-14-26(22-16-20(28)6-8-24(22)32-18)30-10-4-12-34(37(3,35)36)13-5-11-31-27-15-19(2)33-25-9-7-21(29)17-23(25)27/h6-9,14-17H,4-5,10-13H2,1-3H3,(H,30,32)(H,31,33). The highest BCUT2D eigenvalue weighted by atomic mass is 35.5. The molecule has 2 heterocycles. The first-order valence-corrected chi connectivity index (χ1v) is 14.8. The number of hydrogen-bond acceptors (Lipinski definition) is 6. The number of nitrogens with zero attached hydrogens (tertiary/aromatic N) is 3. The van der Waals surface area contributed by atoms with Gasteiger partial charge < -0.3 is 10.6 Å². The number of rotatable bonds is 11. The number of anilines is 2. The Morgan fingerprint density at radius 2 is 1.19 bits per heavy atom. The average Bonchev–Trinajstić information content (AvgIpc) is 2.82. The molecule has 0 fully saturated rings. The maximum absolute atomic E-state index is 12.4. The van der Waals surface area contributed by atoms with Gasteiger partial charge >= 0.3 is 0 Å². The lowest BCUT2D eigenvalue weighted by atomic mass is 10.1. The van der Waals surface area contributed by atoms with E-state index in [4.69, 9.17) is 23.2 Å². The minimum absolute atomic E-state index is 0.432. The Hall–Kier alpha value is -2.65. The molecule has 0 atom stereocenters. The molecule has 196 valence electrons. The lowest BCUT2D eigenvalue weighted by molar-refractivity contribution is 0.409. The predicted molar refractivity (Wildman–Crippen MR) is 156 cm³/mol. The zero-order valence-corrected chi connectivity index (χ0v) is 23.5. The molecule has 0 amide bonds. The van der Waals surface area contributed by atoms with Crippen LogP contribution in [0, 0.1) is 13.8 Å². The molecule has 37 heavy (non-hydrogen) atoms. The molecule has 0 spiro atoms. The minimum atomic E-state index is -3.33. The van der Waals surface area contributed by atoms with Crippen LogP contribution in [-0.2, 0) is 10.0 Å². The molecular formula is C27H31Cl2N5O2S. The van der Waals surface area contributed by atoms with Crippen LogP contribution in [0.2, 0.25) is 10.0 Å². The zero-order valence-electron chi connectivity index (χ0n) is 21.2. The van der Waals surface area contributed by atoms with E-state index < -0.39 is 10.0 Å². The van der Waals surface area contributed by atoms with Crippen LogP contribution in [0.25, 0.3) is 21.8 Å². The molecule has 0 saturated heterocycles. The number of aryl methyl sites for hydroxylation is 2. The van der Waals surface area contributed by atoms with Crippen LogP contribution in [0.4, 0.5) is 11.4 Å². The van der Waals surface area contributed by atoms with Gasteiger partial charge in [-0.25, -0.2) is 12.7 Å². The number of hydrogen-bond donors (Lipinski definition) is 2. The molecule has 2 aromatic heterocycles. The third-order valence-electron chi connectivity index (χ3n) is 6.07. The number of benzene rings is 2. The van der Waals surface area contributed by atoms with Crippen molar-refractivity contribution in [3.63, 3.8) is 0 Å². The lowest BCUT2D eigenvalue weighted by Gasteiger charge is -2.21. The van der Waals surface area contributed by atoms with E-state index in [2.05, 4.69) is 20.6 Å². The molecule has 0 aliphatic rings. The first-order valence-electron chi connectivity index (χ1n) is 12.2. The first kappa shape index (κ1) is 27.4. The fourth-order valence-electron chi connectivity index (χ4n) is 4.35. The van der Waals surface area contributed by atoms with Gasteiger partial charge in [-0.05, 0) is 75.2 Å². The van der Waals surface area contributed by atoms with Crippen molar-refractivity contribution in [3.05, 3.63) is 70.0 Å². The van der Waals surface area contributed by atoms with Crippen molar-refractivity contribution in [2.24, 2.45) is 0 Å². The van der Waals surface area contributed by atoms with E-state index in [1.54, 1.807) is 0 Å². The van der Waals surface area contributed by atoms with Crippen LogP contribution in [-0.4, -0.2) is 55.1 Å². The Kier molecular flexibility index (Phi) is 8.75. The molecular weight excluding hydrogens is 529 g/mol. The fraction of sp³-hybridized carbons (Fsp3) is 0.333. The Morgan fingerprint density at radius 1 is 0.757 bits per heavy atom. The van der Waals surface area contributed by atoms with Crippen molar-refractivity contribution in [1.82, 2.24) is 14.3 Å². The number of sulfonamides is 1. The summed E-state index contributed by atoms with van der Waals surface area (Å²) < 4.78 is 26.4. The maximum atomic E-state index is 12.4. The van der Waals surface area contributed by atoms with Crippen molar-refractivity contribution in [2.75, 3.05) is 43.1 Å². The summed E-state index contributed by atoms with van der Waals surface area (Å²) in [6.07, 6.45) is 2.59. The molecule has 0 saturated carbocycles. The number of pyridine rings is 2. The third kappa shape index (κ3) is 7.23. The van der Waals surface area contributed by atoms with Crippen LogP contribution < -0.4 is 10.6 Å². The van der Waals surface area contributed by atoms with E-state index in [0.29, 0.717) is 49.1 Å². The van der Waals surface area contributed by atoms with Gasteiger partial charge in [0.2, 0.25) is 10.0 Å². The SMILES string of the molecule is Cc1cc(NCCCN(CCCNc2cc(C)nc3ccc(Cl)cc23)S(C)(=O)=O)c2cc(Cl)ccc2n1. The van der Waals surface area contributed by atoms with E-state index >= 15 is 0 Å². The van der Waals surface area contributed by atoms with E-state index in [9.17, 15) is 8.42 Å². The third-order valence-corrected chi connectivity index (χ3v) is 7.84. The van der Waals surface area contributed by atoms with Gasteiger partial charge in [-0.1, -0.05) is 23.2 Å². The molecule has 2 aromatic carbocycles. The summed E-state index contributed by atoms with van der Waals surface area (Å²) in [5, 5.41) is 10.1. The van der Waals surface area contributed by atoms with E-state index in [-0.39, 0.29) is 0 Å². The molecule has 0 radical (unpaired) electrons. The van der Waals surface area contributed by atoms with Crippen LogP contribution in [0.15, 0.2) is 48.5 Å². The highest BCUT2D eigenvalue weighted by Crippen LogP contribution is 2.27. The number of aromatic nitrogens is 2. The van der Waals surface area contributed by atoms with Crippen LogP contribution in [0.3, 0.4) is 0 Å². The van der Waals surface area contributed by atoms with Gasteiger partial charge in [0.1, 0.15) is 0 Å². The number of nitrogens with one attached hydrogen (secondary N) is 2. The number of halogens is 2. The molecule has 10 heteroatoms. The molecule has 4 aromatic rings. The van der Waals surface area contributed by atoms with Crippen molar-refractivity contribution in [1.29, 1.82) is 0 Å². The largest absolute Gasteiger partial charge is 0.384 e. The summed E-state index contributed by atoms with van der Waals surface area (Å²) in [7, 11) is -3.33. The summed E-state index contributed by atoms with van der Waals surface area (Å²) in [5.41, 5.74) is 5.44. The highest BCUT2D eigenvalue weighted by molar-refractivity contribution is 7.88. The Labute approximate surface area is 228 Å². The van der Waals surface area contributed by atoms with Crippen LogP contribution in [0.1, 0.15) is 24.2 Å². The van der Waals surface area contributed by atoms with Crippen molar-refractivity contribution >= 4 is 66.4 Å². The van der Waals surface area contributed by atoms with Gasteiger partial charge in [0, 0.05) is 69.8 Å². The van der Waals surface area contributed by atoms with Gasteiger partial charge in [0.15, 0.2) is 0 Å². The second-order valence-electron chi connectivity index (χ2n) is 9.17. The van der Waals surface area contributed by atoms with Crippen molar-refractivity contribution in [3.8, 4) is 0 Å². The molecule has 0 aliphatic heterocycles. The molecule has 0 unspecified atom stereocenters. The summed E-state index contributed by atoms with van der Waals surface area (Å²) in [5.74, 6) is 0. The smallest absolute Gasteiger partial charge is 0.211 e. The quantitative estimate of drug-likeness (QED) is 0.210. The Balaban J connectivity index is 1.32. The van der Waals surface area contributed by atoms with E-state index in [0.717, 1.165) is 44.6 Å². The van der Waals surface area contributed by atoms with Gasteiger partial charge in [-0.15, -0.1) is 0 Å². The van der Waals surface area contributed by atoms with Crippen molar-refractivity contribution < 1.29 is 8.42 Å². The van der Waals surface area contributed by atoms with Crippen LogP contribution in [0.5, 0.6) is 0 Å². The summed E-state index contributed by atoms with van der Waals surface area (Å²) in [4.78, 5) is 9.11. The highest BCUT2D eigenvalue weighted by Gasteiger charge is 2.16. The van der Waals surface area contributed by atoms with Crippen LogP contribution >= 0.6 is 23.2 Å². The summed E-state index contributed by atoms with van der Waals surface area (Å²) >= 11 is 12.4. The summed E-state index contributed by atoms with van der Waals surface area (Å²) in [6.45, 7) is 6.01.